The fraction of sp³-hybridized carbons (Fsp3) is 0.293. The lowest BCUT2D eigenvalue weighted by molar-refractivity contribution is -0.106. The number of aromatic nitrogens is 1. The second-order valence-corrected chi connectivity index (χ2v) is 15.9. The fourth-order valence-electron chi connectivity index (χ4n) is 5.67. The van der Waals surface area contributed by atoms with Gasteiger partial charge in [0.05, 0.1) is 29.0 Å². The molecule has 2 fully saturated rings. The van der Waals surface area contributed by atoms with Crippen molar-refractivity contribution in [2.45, 2.75) is 84.2 Å². The zero-order valence-electron chi connectivity index (χ0n) is 29.1. The van der Waals surface area contributed by atoms with E-state index >= 15 is 0 Å². The highest BCUT2D eigenvalue weighted by Crippen LogP contribution is 2.35. The average Bonchev–Trinajstić information content (AvgIpc) is 3.17. The van der Waals surface area contributed by atoms with Gasteiger partial charge in [-0.25, -0.2) is 8.42 Å². The molecule has 1 aromatic heterocycles. The van der Waals surface area contributed by atoms with Gasteiger partial charge in [-0.05, 0) is 123 Å². The van der Waals surface area contributed by atoms with Crippen LogP contribution in [0.2, 0.25) is 0 Å². The normalized spacial score (nSPS) is 18.0. The quantitative estimate of drug-likeness (QED) is 0.0971. The number of benzene rings is 4. The van der Waals surface area contributed by atoms with Crippen LogP contribution in [-0.2, 0) is 37.1 Å². The number of pyridine rings is 1. The molecule has 52 heavy (non-hydrogen) atoms. The van der Waals surface area contributed by atoms with Gasteiger partial charge in [0, 0.05) is 31.3 Å². The summed E-state index contributed by atoms with van der Waals surface area (Å²) in [4.78, 5) is 7.47. The Morgan fingerprint density at radius 1 is 0.692 bits per heavy atom. The van der Waals surface area contributed by atoms with Crippen molar-refractivity contribution in [3.63, 3.8) is 0 Å². The minimum absolute atomic E-state index is 0.164. The van der Waals surface area contributed by atoms with Crippen LogP contribution in [0.5, 0.6) is 17.2 Å². The lowest BCUT2D eigenvalue weighted by Gasteiger charge is -2.23. The van der Waals surface area contributed by atoms with E-state index in [4.69, 9.17) is 23.7 Å². The van der Waals surface area contributed by atoms with Crippen LogP contribution in [0.15, 0.2) is 141 Å². The Kier molecular flexibility index (Phi) is 13.2. The molecular weight excluding hydrogens is 699 g/mol. The van der Waals surface area contributed by atoms with E-state index in [2.05, 4.69) is 71.7 Å². The molecule has 2 saturated heterocycles. The molecule has 5 aromatic rings. The first-order chi connectivity index (χ1) is 25.3. The van der Waals surface area contributed by atoms with Crippen LogP contribution in [-0.4, -0.2) is 43.7 Å². The lowest BCUT2D eigenvalue weighted by Crippen LogP contribution is -2.25. The lowest BCUT2D eigenvalue weighted by atomic mass is 10.2. The molecule has 2 aliphatic rings. The Morgan fingerprint density at radius 3 is 1.75 bits per heavy atom. The molecule has 0 amide bonds. The molecule has 0 radical (unpaired) electrons. The Labute approximate surface area is 309 Å². The third-order valence-corrected chi connectivity index (χ3v) is 11.5. The van der Waals surface area contributed by atoms with E-state index in [1.807, 2.05) is 25.1 Å². The summed E-state index contributed by atoms with van der Waals surface area (Å²) >= 11 is 0. The number of rotatable bonds is 11. The van der Waals surface area contributed by atoms with Crippen molar-refractivity contribution in [3.05, 3.63) is 133 Å². The molecule has 3 heterocycles. The van der Waals surface area contributed by atoms with Crippen LogP contribution in [0.3, 0.4) is 0 Å². The SMILES string of the molecule is Cc1ccc(S(=O)(=O)[O-])cc1.c1cc(OCc2ccncc2)cc([S+](c2ccc(OC3CCCCO3)cc2)c2ccc(OC3CCCCO3)cc2)c1. The Balaban J connectivity index is 0.000000362. The third kappa shape index (κ3) is 11.1. The van der Waals surface area contributed by atoms with Gasteiger partial charge in [-0.2, -0.15) is 0 Å². The molecule has 7 rings (SSSR count). The molecule has 0 N–H and O–H groups in total. The van der Waals surface area contributed by atoms with Crippen molar-refractivity contribution in [2.75, 3.05) is 13.2 Å². The summed E-state index contributed by atoms with van der Waals surface area (Å²) in [6.45, 7) is 3.84. The average molecular weight is 742 g/mol. The highest BCUT2D eigenvalue weighted by Gasteiger charge is 2.30. The standard InChI is InChI=1S/C34H36NO5S.C7H8O3S/c1-3-22-36-33(8-1)39-27-10-14-30(15-11-27)41(31-16-12-28(13-17-31)40-34-9-2-4-23-37-34)32-7-5-6-29(24-32)38-25-26-18-20-35-21-19-26;1-6-2-4-7(5-3-6)11(8,9)10/h5-7,10-21,24,33-34H,1-4,8-9,22-23,25H2;2-5H,1H3,(H,8,9,10)/q+1;/p-1. The summed E-state index contributed by atoms with van der Waals surface area (Å²) in [6, 6.07) is 34.9. The minimum atomic E-state index is -4.27. The highest BCUT2D eigenvalue weighted by molar-refractivity contribution is 7.97. The Hall–Kier alpha value is -4.39. The van der Waals surface area contributed by atoms with Gasteiger partial charge in [0.25, 0.3) is 0 Å². The first-order valence-electron chi connectivity index (χ1n) is 17.5. The molecule has 2 aliphatic heterocycles. The minimum Gasteiger partial charge on any atom is -0.744 e. The van der Waals surface area contributed by atoms with E-state index in [-0.39, 0.29) is 28.4 Å². The van der Waals surface area contributed by atoms with Gasteiger partial charge in [-0.1, -0.05) is 23.8 Å². The molecule has 2 atom stereocenters. The Bertz CT molecular complexity index is 1870. The molecule has 0 aliphatic carbocycles. The van der Waals surface area contributed by atoms with Crippen molar-refractivity contribution in [3.8, 4) is 17.2 Å². The maximum atomic E-state index is 10.4. The topological polar surface area (TPSA) is 116 Å². The van der Waals surface area contributed by atoms with Crippen LogP contribution < -0.4 is 14.2 Å². The van der Waals surface area contributed by atoms with Gasteiger partial charge >= 0.3 is 0 Å². The van der Waals surface area contributed by atoms with Crippen LogP contribution in [0.1, 0.15) is 49.7 Å². The van der Waals surface area contributed by atoms with Gasteiger partial charge in [0.15, 0.2) is 27.3 Å². The maximum absolute atomic E-state index is 10.4. The molecule has 272 valence electrons. The molecular formula is C41H43NO8S2. The summed E-state index contributed by atoms with van der Waals surface area (Å²) in [7, 11) is -4.64. The van der Waals surface area contributed by atoms with Gasteiger partial charge in [-0.3, -0.25) is 4.98 Å². The number of nitrogens with zero attached hydrogens (tertiary/aromatic N) is 1. The van der Waals surface area contributed by atoms with Crippen LogP contribution >= 0.6 is 0 Å². The summed E-state index contributed by atoms with van der Waals surface area (Å²) < 4.78 is 61.1. The third-order valence-electron chi connectivity index (χ3n) is 8.44. The Morgan fingerprint density at radius 2 is 1.25 bits per heavy atom. The zero-order valence-corrected chi connectivity index (χ0v) is 30.7. The van der Waals surface area contributed by atoms with E-state index in [0.717, 1.165) is 80.1 Å². The van der Waals surface area contributed by atoms with Crippen molar-refractivity contribution >= 4 is 21.0 Å². The van der Waals surface area contributed by atoms with Gasteiger partial charge in [-0.15, -0.1) is 0 Å². The highest BCUT2D eigenvalue weighted by atomic mass is 32.2. The fourth-order valence-corrected chi connectivity index (χ4v) is 8.22. The number of aryl methyl sites for hydroxylation is 1. The number of hydrogen-bond donors (Lipinski definition) is 0. The van der Waals surface area contributed by atoms with Gasteiger partial charge in [0.1, 0.15) is 34.0 Å². The first kappa shape index (κ1) is 37.4. The zero-order chi connectivity index (χ0) is 36.2. The van der Waals surface area contributed by atoms with E-state index < -0.39 is 10.1 Å². The van der Waals surface area contributed by atoms with Crippen molar-refractivity contribution in [1.29, 1.82) is 0 Å². The largest absolute Gasteiger partial charge is 0.744 e. The first-order valence-corrected chi connectivity index (χ1v) is 20.1. The molecule has 2 unspecified atom stereocenters. The second-order valence-electron chi connectivity index (χ2n) is 12.5. The van der Waals surface area contributed by atoms with Crippen molar-refractivity contribution in [2.24, 2.45) is 0 Å². The maximum Gasteiger partial charge on any atom is 0.199 e. The number of hydrogen-bond acceptors (Lipinski definition) is 9. The monoisotopic (exact) mass is 741 g/mol. The van der Waals surface area contributed by atoms with Gasteiger partial charge in [0.2, 0.25) is 0 Å². The van der Waals surface area contributed by atoms with E-state index in [1.165, 1.54) is 26.8 Å². The van der Waals surface area contributed by atoms with Crippen LogP contribution in [0, 0.1) is 6.92 Å². The van der Waals surface area contributed by atoms with Gasteiger partial charge < -0.3 is 28.2 Å². The molecule has 0 spiro atoms. The summed E-state index contributed by atoms with van der Waals surface area (Å²) in [5.41, 5.74) is 2.01. The van der Waals surface area contributed by atoms with E-state index in [0.29, 0.717) is 6.61 Å². The second kappa shape index (κ2) is 18.4. The van der Waals surface area contributed by atoms with Crippen molar-refractivity contribution < 1.29 is 36.7 Å². The smallest absolute Gasteiger partial charge is 0.199 e. The van der Waals surface area contributed by atoms with Crippen LogP contribution in [0.25, 0.3) is 0 Å². The summed E-state index contributed by atoms with van der Waals surface area (Å²) in [5, 5.41) is 0. The summed E-state index contributed by atoms with van der Waals surface area (Å²) in [5.74, 6) is 2.49. The van der Waals surface area contributed by atoms with Crippen molar-refractivity contribution in [1.82, 2.24) is 4.98 Å². The van der Waals surface area contributed by atoms with Crippen LogP contribution in [0.4, 0.5) is 0 Å². The predicted molar refractivity (Wildman–Crippen MR) is 198 cm³/mol. The molecule has 0 saturated carbocycles. The predicted octanol–water partition coefficient (Wildman–Crippen LogP) is 8.47. The van der Waals surface area contributed by atoms with E-state index in [1.54, 1.807) is 24.5 Å². The molecule has 4 aromatic carbocycles. The molecule has 11 heteroatoms. The summed E-state index contributed by atoms with van der Waals surface area (Å²) in [6.07, 6.45) is 9.58. The van der Waals surface area contributed by atoms with E-state index in [9.17, 15) is 13.0 Å². The molecule has 0 bridgehead atoms. The number of ether oxygens (including phenoxy) is 5. The molecule has 9 nitrogen and oxygen atoms in total.